The van der Waals surface area contributed by atoms with Gasteiger partial charge in [-0.05, 0) is 66.1 Å². The number of halogens is 1. The average molecular weight is 564 g/mol. The fourth-order valence-corrected chi connectivity index (χ4v) is 6.14. The van der Waals surface area contributed by atoms with E-state index in [1.54, 1.807) is 24.3 Å². The summed E-state index contributed by atoms with van der Waals surface area (Å²) in [5.41, 5.74) is 6.19. The first-order valence-electron chi connectivity index (χ1n) is 13.5. The van der Waals surface area contributed by atoms with Gasteiger partial charge in [0.1, 0.15) is 11.6 Å². The number of carbonyl (C=O) groups is 1. The Hall–Kier alpha value is -4.36. The van der Waals surface area contributed by atoms with Gasteiger partial charge in [-0.3, -0.25) is 4.79 Å². The molecule has 7 heteroatoms. The molecule has 0 unspecified atom stereocenters. The average Bonchev–Trinajstić information content (AvgIpc) is 3.60. The predicted octanol–water partition coefficient (Wildman–Crippen LogP) is 7.62. The van der Waals surface area contributed by atoms with Crippen LogP contribution in [0.4, 0.5) is 4.39 Å². The van der Waals surface area contributed by atoms with Crippen molar-refractivity contribution in [3.05, 3.63) is 131 Å². The van der Waals surface area contributed by atoms with E-state index >= 15 is 0 Å². The highest BCUT2D eigenvalue weighted by Crippen LogP contribution is 2.36. The highest BCUT2D eigenvalue weighted by molar-refractivity contribution is 8.00. The summed E-state index contributed by atoms with van der Waals surface area (Å²) in [7, 11) is 1.65. The third-order valence-electron chi connectivity index (χ3n) is 7.42. The maximum Gasteiger partial charge on any atom is 0.253 e. The summed E-state index contributed by atoms with van der Waals surface area (Å²) in [5, 5.41) is 7.60. The van der Waals surface area contributed by atoms with Crippen molar-refractivity contribution in [2.24, 2.45) is 5.10 Å². The second-order valence-electron chi connectivity index (χ2n) is 10.2. The van der Waals surface area contributed by atoms with Crippen LogP contribution in [0.2, 0.25) is 0 Å². The Bertz CT molecular complexity index is 1710. The molecule has 0 N–H and O–H groups in total. The van der Waals surface area contributed by atoms with Gasteiger partial charge in [-0.15, -0.1) is 11.8 Å². The third kappa shape index (κ3) is 5.77. The molecule has 5 aromatic rings. The standard InChI is InChI=1S/C34H30FN3O2S/c1-23-7-11-26(12-8-23)32-19-30(25-13-17-28(40-2)18-14-25)36-38(32)34(39)22-41-33-21-37(31-6-4-3-5-29(31)33)20-24-9-15-27(35)16-10-24/h3-18,21,32H,19-20,22H2,1-2H3/t32-/m0/s1. The normalized spacial score (nSPS) is 14.9. The fourth-order valence-electron chi connectivity index (χ4n) is 5.20. The molecule has 2 heterocycles. The van der Waals surface area contributed by atoms with Crippen molar-refractivity contribution in [3.8, 4) is 5.75 Å². The van der Waals surface area contributed by atoms with E-state index in [0.717, 1.165) is 43.9 Å². The van der Waals surface area contributed by atoms with Gasteiger partial charge in [0, 0.05) is 35.0 Å². The van der Waals surface area contributed by atoms with Crippen molar-refractivity contribution < 1.29 is 13.9 Å². The monoisotopic (exact) mass is 563 g/mol. The summed E-state index contributed by atoms with van der Waals surface area (Å²) in [6, 6.07) is 30.7. The van der Waals surface area contributed by atoms with E-state index < -0.39 is 0 Å². The van der Waals surface area contributed by atoms with Crippen molar-refractivity contribution >= 4 is 34.3 Å². The number of hydrogen-bond donors (Lipinski definition) is 0. The van der Waals surface area contributed by atoms with E-state index in [4.69, 9.17) is 9.84 Å². The van der Waals surface area contributed by atoms with E-state index in [2.05, 4.69) is 54.1 Å². The number of ether oxygens (including phenoxy) is 1. The van der Waals surface area contributed by atoms with Crippen LogP contribution in [0.15, 0.2) is 113 Å². The number of nitrogens with zero attached hydrogens (tertiary/aromatic N) is 3. The number of thioether (sulfide) groups is 1. The number of aromatic nitrogens is 1. The quantitative estimate of drug-likeness (QED) is 0.183. The van der Waals surface area contributed by atoms with Crippen LogP contribution in [0.5, 0.6) is 5.75 Å². The summed E-state index contributed by atoms with van der Waals surface area (Å²) in [4.78, 5) is 14.8. The lowest BCUT2D eigenvalue weighted by molar-refractivity contribution is -0.130. The zero-order chi connectivity index (χ0) is 28.3. The summed E-state index contributed by atoms with van der Waals surface area (Å²) in [6.07, 6.45) is 2.72. The lowest BCUT2D eigenvalue weighted by atomic mass is 9.97. The first-order chi connectivity index (χ1) is 20.0. The Morgan fingerprint density at radius 3 is 2.44 bits per heavy atom. The maximum atomic E-state index is 13.7. The van der Waals surface area contributed by atoms with Crippen LogP contribution in [-0.4, -0.2) is 34.1 Å². The second kappa shape index (κ2) is 11.6. The van der Waals surface area contributed by atoms with Crippen molar-refractivity contribution in [2.75, 3.05) is 12.9 Å². The predicted molar refractivity (Wildman–Crippen MR) is 163 cm³/mol. The molecule has 0 fully saturated rings. The Morgan fingerprint density at radius 1 is 0.976 bits per heavy atom. The first-order valence-corrected chi connectivity index (χ1v) is 14.5. The fraction of sp³-hybridized carbons (Fsp3) is 0.176. The molecule has 1 amide bonds. The van der Waals surface area contributed by atoms with Gasteiger partial charge in [0.25, 0.3) is 5.91 Å². The van der Waals surface area contributed by atoms with Crippen molar-refractivity contribution in [2.45, 2.75) is 30.8 Å². The SMILES string of the molecule is COc1ccc(C2=NN(C(=O)CSc3cn(Cc4ccc(F)cc4)c4ccccc34)[C@H](c3ccc(C)cc3)C2)cc1. The summed E-state index contributed by atoms with van der Waals surface area (Å²) >= 11 is 1.52. The Labute approximate surface area is 243 Å². The van der Waals surface area contributed by atoms with Gasteiger partial charge < -0.3 is 9.30 Å². The Morgan fingerprint density at radius 2 is 1.71 bits per heavy atom. The molecule has 5 nitrogen and oxygen atoms in total. The summed E-state index contributed by atoms with van der Waals surface area (Å²) in [6.45, 7) is 2.68. The van der Waals surface area contributed by atoms with Gasteiger partial charge in [-0.1, -0.05) is 60.2 Å². The Balaban J connectivity index is 1.25. The zero-order valence-electron chi connectivity index (χ0n) is 23.0. The highest BCUT2D eigenvalue weighted by atomic mass is 32.2. The number of hydrogen-bond acceptors (Lipinski definition) is 4. The molecule has 206 valence electrons. The number of amides is 1. The van der Waals surface area contributed by atoms with E-state index in [1.165, 1.54) is 29.5 Å². The van der Waals surface area contributed by atoms with Crippen LogP contribution >= 0.6 is 11.8 Å². The number of fused-ring (bicyclic) bond motifs is 1. The highest BCUT2D eigenvalue weighted by Gasteiger charge is 2.33. The molecule has 6 rings (SSSR count). The summed E-state index contributed by atoms with van der Waals surface area (Å²) < 4.78 is 20.9. The minimum Gasteiger partial charge on any atom is -0.497 e. The molecule has 1 atom stereocenters. The Kier molecular flexibility index (Phi) is 7.61. The van der Waals surface area contributed by atoms with Crippen molar-refractivity contribution in [1.29, 1.82) is 0 Å². The molecule has 1 aromatic heterocycles. The van der Waals surface area contributed by atoms with Crippen molar-refractivity contribution in [3.63, 3.8) is 0 Å². The molecule has 0 radical (unpaired) electrons. The van der Waals surface area contributed by atoms with E-state index in [-0.39, 0.29) is 23.5 Å². The molecule has 0 bridgehead atoms. The number of aryl methyl sites for hydroxylation is 1. The van der Waals surface area contributed by atoms with Gasteiger partial charge in [0.2, 0.25) is 0 Å². The molecule has 1 aliphatic rings. The van der Waals surface area contributed by atoms with Gasteiger partial charge >= 0.3 is 0 Å². The van der Waals surface area contributed by atoms with Gasteiger partial charge in [0.15, 0.2) is 0 Å². The van der Waals surface area contributed by atoms with Crippen LogP contribution in [0.1, 0.15) is 34.7 Å². The van der Waals surface area contributed by atoms with Crippen LogP contribution in [0, 0.1) is 12.7 Å². The molecule has 41 heavy (non-hydrogen) atoms. The molecular weight excluding hydrogens is 533 g/mol. The van der Waals surface area contributed by atoms with E-state index in [0.29, 0.717) is 13.0 Å². The van der Waals surface area contributed by atoms with Gasteiger partial charge in [0.05, 0.1) is 24.6 Å². The molecule has 4 aromatic carbocycles. The summed E-state index contributed by atoms with van der Waals surface area (Å²) in [5.74, 6) is 0.751. The number of methoxy groups -OCH3 is 1. The molecular formula is C34H30FN3O2S. The van der Waals surface area contributed by atoms with E-state index in [9.17, 15) is 9.18 Å². The minimum atomic E-state index is -0.246. The van der Waals surface area contributed by atoms with Crippen molar-refractivity contribution in [1.82, 2.24) is 9.58 Å². The lowest BCUT2D eigenvalue weighted by Crippen LogP contribution is -2.28. The van der Waals surface area contributed by atoms with E-state index in [1.807, 2.05) is 36.4 Å². The van der Waals surface area contributed by atoms with Crippen LogP contribution in [0.3, 0.4) is 0 Å². The van der Waals surface area contributed by atoms with Crippen LogP contribution < -0.4 is 4.74 Å². The van der Waals surface area contributed by atoms with Gasteiger partial charge in [-0.25, -0.2) is 9.40 Å². The number of carbonyl (C=O) groups excluding carboxylic acids is 1. The number of rotatable bonds is 8. The smallest absolute Gasteiger partial charge is 0.253 e. The maximum absolute atomic E-state index is 13.7. The molecule has 0 spiro atoms. The van der Waals surface area contributed by atoms with Crippen LogP contribution in [0.25, 0.3) is 10.9 Å². The zero-order valence-corrected chi connectivity index (χ0v) is 23.8. The molecule has 0 saturated carbocycles. The largest absolute Gasteiger partial charge is 0.497 e. The topological polar surface area (TPSA) is 46.8 Å². The molecule has 0 aliphatic carbocycles. The molecule has 1 aliphatic heterocycles. The number of benzene rings is 4. The first kappa shape index (κ1) is 26.8. The minimum absolute atomic E-state index is 0.0422. The third-order valence-corrected chi connectivity index (χ3v) is 8.45. The second-order valence-corrected chi connectivity index (χ2v) is 11.2. The lowest BCUT2D eigenvalue weighted by Gasteiger charge is -2.22. The number of para-hydroxylation sites is 1. The van der Waals surface area contributed by atoms with Gasteiger partial charge in [-0.2, -0.15) is 5.10 Å². The number of hydrazone groups is 1. The van der Waals surface area contributed by atoms with Crippen LogP contribution in [-0.2, 0) is 11.3 Å². The molecule has 0 saturated heterocycles.